The van der Waals surface area contributed by atoms with E-state index in [1.165, 1.54) is 18.4 Å². The Bertz CT molecular complexity index is 902. The lowest BCUT2D eigenvalue weighted by atomic mass is 10.2. The predicted molar refractivity (Wildman–Crippen MR) is 102 cm³/mol. The Balaban J connectivity index is 1.61. The van der Waals surface area contributed by atoms with E-state index < -0.39 is 19.9 Å². The number of amides is 1. The van der Waals surface area contributed by atoms with E-state index in [-0.39, 0.29) is 22.6 Å². The van der Waals surface area contributed by atoms with Crippen molar-refractivity contribution >= 4 is 25.8 Å². The molecule has 1 saturated carbocycles. The van der Waals surface area contributed by atoms with Crippen LogP contribution in [0.2, 0.25) is 0 Å². The van der Waals surface area contributed by atoms with Gasteiger partial charge < -0.3 is 4.90 Å². The van der Waals surface area contributed by atoms with Gasteiger partial charge in [0.05, 0.1) is 10.6 Å². The van der Waals surface area contributed by atoms with Crippen LogP contribution in [-0.2, 0) is 19.9 Å². The maximum atomic E-state index is 12.7. The number of benzene rings is 1. The number of nitrogens with one attached hydrogen (secondary N) is 1. The number of hydrogen-bond acceptors (Lipinski definition) is 6. The Labute approximate surface area is 160 Å². The second-order valence-electron chi connectivity index (χ2n) is 7.19. The quantitative estimate of drug-likeness (QED) is 0.669. The summed E-state index contributed by atoms with van der Waals surface area (Å²) in [6, 6.07) is 6.12. The lowest BCUT2D eigenvalue weighted by Crippen LogP contribution is -2.49. The van der Waals surface area contributed by atoms with E-state index in [0.29, 0.717) is 38.3 Å². The molecule has 0 radical (unpaired) electrons. The van der Waals surface area contributed by atoms with E-state index in [1.54, 1.807) is 17.0 Å². The Morgan fingerprint density at radius 3 is 2.37 bits per heavy atom. The van der Waals surface area contributed by atoms with E-state index in [4.69, 9.17) is 0 Å². The number of rotatable bonds is 7. The maximum Gasteiger partial charge on any atom is 0.253 e. The first-order chi connectivity index (χ1) is 12.6. The number of sulfonamides is 1. The molecule has 0 bridgehead atoms. The van der Waals surface area contributed by atoms with Crippen molar-refractivity contribution in [1.82, 2.24) is 14.5 Å². The summed E-state index contributed by atoms with van der Waals surface area (Å²) in [5.41, 5.74) is 0.346. The summed E-state index contributed by atoms with van der Waals surface area (Å²) >= 11 is 0. The third-order valence-corrected chi connectivity index (χ3v) is 7.17. The molecule has 3 rings (SSSR count). The van der Waals surface area contributed by atoms with Gasteiger partial charge in [0.2, 0.25) is 10.0 Å². The molecule has 1 aliphatic carbocycles. The number of hydrogen-bond donors (Lipinski definition) is 1. The second kappa shape index (κ2) is 7.86. The standard InChI is InChI=1S/C17H25N3O5S2/c1-26(22,23)12-11-19-7-9-20(10-8-19)17(21)14-3-2-4-16(13-14)27(24,25)18-15-5-6-15/h2-4,13,15,18H,5-12H2,1H3. The molecule has 1 heterocycles. The van der Waals surface area contributed by atoms with Gasteiger partial charge in [-0.05, 0) is 31.0 Å². The van der Waals surface area contributed by atoms with Crippen LogP contribution in [0, 0.1) is 0 Å². The first kappa shape index (κ1) is 20.2. The van der Waals surface area contributed by atoms with Crippen molar-refractivity contribution in [2.24, 2.45) is 0 Å². The molecule has 0 atom stereocenters. The number of carbonyl (C=O) groups is 1. The largest absolute Gasteiger partial charge is 0.336 e. The molecule has 150 valence electrons. The lowest BCUT2D eigenvalue weighted by Gasteiger charge is -2.34. The number of nitrogens with zero attached hydrogens (tertiary/aromatic N) is 2. The van der Waals surface area contributed by atoms with Crippen LogP contribution in [0.1, 0.15) is 23.2 Å². The van der Waals surface area contributed by atoms with Gasteiger partial charge in [-0.25, -0.2) is 21.6 Å². The zero-order valence-electron chi connectivity index (χ0n) is 15.3. The van der Waals surface area contributed by atoms with Crippen LogP contribution < -0.4 is 4.72 Å². The minimum absolute atomic E-state index is 0.00868. The lowest BCUT2D eigenvalue weighted by molar-refractivity contribution is 0.0644. The number of sulfone groups is 1. The SMILES string of the molecule is CS(=O)(=O)CCN1CCN(C(=O)c2cccc(S(=O)(=O)NC3CC3)c2)CC1. The average molecular weight is 416 g/mol. The Kier molecular flexibility index (Phi) is 5.90. The van der Waals surface area contributed by atoms with Crippen molar-refractivity contribution in [2.45, 2.75) is 23.8 Å². The van der Waals surface area contributed by atoms with Crippen LogP contribution >= 0.6 is 0 Å². The molecule has 1 amide bonds. The zero-order valence-corrected chi connectivity index (χ0v) is 16.9. The van der Waals surface area contributed by atoms with Crippen molar-refractivity contribution in [1.29, 1.82) is 0 Å². The van der Waals surface area contributed by atoms with E-state index >= 15 is 0 Å². The number of piperazine rings is 1. The van der Waals surface area contributed by atoms with Gasteiger partial charge in [-0.3, -0.25) is 9.69 Å². The molecular weight excluding hydrogens is 390 g/mol. The van der Waals surface area contributed by atoms with Gasteiger partial charge in [-0.1, -0.05) is 6.07 Å². The van der Waals surface area contributed by atoms with Crippen LogP contribution in [0.3, 0.4) is 0 Å². The highest BCUT2D eigenvalue weighted by atomic mass is 32.2. The van der Waals surface area contributed by atoms with Crippen LogP contribution in [0.15, 0.2) is 29.2 Å². The molecule has 0 aromatic heterocycles. The molecular formula is C17H25N3O5S2. The van der Waals surface area contributed by atoms with Crippen LogP contribution in [-0.4, -0.2) is 83.3 Å². The van der Waals surface area contributed by atoms with Crippen molar-refractivity contribution in [3.63, 3.8) is 0 Å². The predicted octanol–water partition coefficient (Wildman–Crippen LogP) is -0.0703. The Morgan fingerprint density at radius 2 is 1.78 bits per heavy atom. The molecule has 0 unspecified atom stereocenters. The fraction of sp³-hybridized carbons (Fsp3) is 0.588. The molecule has 1 aromatic rings. The summed E-state index contributed by atoms with van der Waals surface area (Å²) < 4.78 is 49.8. The molecule has 1 N–H and O–H groups in total. The van der Waals surface area contributed by atoms with Gasteiger partial charge in [0.25, 0.3) is 5.91 Å². The van der Waals surface area contributed by atoms with Gasteiger partial charge in [0, 0.05) is 50.6 Å². The summed E-state index contributed by atoms with van der Waals surface area (Å²) in [5, 5.41) is 0. The second-order valence-corrected chi connectivity index (χ2v) is 11.2. The monoisotopic (exact) mass is 415 g/mol. The topological polar surface area (TPSA) is 104 Å². The Morgan fingerprint density at radius 1 is 1.11 bits per heavy atom. The van der Waals surface area contributed by atoms with Gasteiger partial charge in [0.15, 0.2) is 0 Å². The smallest absolute Gasteiger partial charge is 0.253 e. The molecule has 0 spiro atoms. The maximum absolute atomic E-state index is 12.7. The Hall–Kier alpha value is -1.49. The first-order valence-corrected chi connectivity index (χ1v) is 12.5. The summed E-state index contributed by atoms with van der Waals surface area (Å²) in [7, 11) is -6.60. The van der Waals surface area contributed by atoms with Crippen molar-refractivity contribution in [3.8, 4) is 0 Å². The number of carbonyl (C=O) groups excluding carboxylic acids is 1. The molecule has 1 saturated heterocycles. The van der Waals surface area contributed by atoms with Gasteiger partial charge in [0.1, 0.15) is 9.84 Å². The van der Waals surface area contributed by atoms with Gasteiger partial charge in [-0.2, -0.15) is 0 Å². The summed E-state index contributed by atoms with van der Waals surface area (Å²) in [6.07, 6.45) is 2.91. The minimum atomic E-state index is -3.60. The highest BCUT2D eigenvalue weighted by Gasteiger charge is 2.29. The van der Waals surface area contributed by atoms with Crippen LogP contribution in [0.4, 0.5) is 0 Å². The first-order valence-electron chi connectivity index (χ1n) is 8.96. The molecule has 1 aromatic carbocycles. The van der Waals surface area contributed by atoms with Crippen molar-refractivity contribution < 1.29 is 21.6 Å². The highest BCUT2D eigenvalue weighted by molar-refractivity contribution is 7.90. The molecule has 8 nitrogen and oxygen atoms in total. The molecule has 1 aliphatic heterocycles. The van der Waals surface area contributed by atoms with Crippen LogP contribution in [0.25, 0.3) is 0 Å². The average Bonchev–Trinajstić information content (AvgIpc) is 3.42. The third-order valence-electron chi connectivity index (χ3n) is 4.73. The van der Waals surface area contributed by atoms with Gasteiger partial charge >= 0.3 is 0 Å². The minimum Gasteiger partial charge on any atom is -0.336 e. The van der Waals surface area contributed by atoms with Crippen molar-refractivity contribution in [2.75, 3.05) is 44.7 Å². The molecule has 2 aliphatic rings. The normalized spacial score (nSPS) is 19.2. The van der Waals surface area contributed by atoms with Crippen molar-refractivity contribution in [3.05, 3.63) is 29.8 Å². The molecule has 10 heteroatoms. The van der Waals surface area contributed by atoms with E-state index in [1.807, 2.05) is 4.90 Å². The van der Waals surface area contributed by atoms with Gasteiger partial charge in [-0.15, -0.1) is 0 Å². The van der Waals surface area contributed by atoms with E-state index in [2.05, 4.69) is 4.72 Å². The summed E-state index contributed by atoms with van der Waals surface area (Å²) in [5.74, 6) is -0.101. The van der Waals surface area contributed by atoms with E-state index in [9.17, 15) is 21.6 Å². The summed E-state index contributed by atoms with van der Waals surface area (Å²) in [4.78, 5) is 16.5. The third kappa shape index (κ3) is 5.74. The van der Waals surface area contributed by atoms with E-state index in [0.717, 1.165) is 12.8 Å². The van der Waals surface area contributed by atoms with Crippen LogP contribution in [0.5, 0.6) is 0 Å². The fourth-order valence-corrected chi connectivity index (χ4v) is 4.88. The summed E-state index contributed by atoms with van der Waals surface area (Å²) in [6.45, 7) is 2.63. The molecule has 2 fully saturated rings. The zero-order chi connectivity index (χ0) is 19.7. The highest BCUT2D eigenvalue weighted by Crippen LogP contribution is 2.22. The molecule has 27 heavy (non-hydrogen) atoms. The fourth-order valence-electron chi connectivity index (χ4n) is 2.94.